The highest BCUT2D eigenvalue weighted by Gasteiger charge is 2.29. The van der Waals surface area contributed by atoms with Crippen LogP contribution in [0.25, 0.3) is 11.0 Å². The van der Waals surface area contributed by atoms with Crippen LogP contribution in [0.15, 0.2) is 24.3 Å². The molecule has 0 saturated carbocycles. The van der Waals surface area contributed by atoms with Crippen molar-refractivity contribution < 1.29 is 14.3 Å². The number of carbonyl (C=O) groups excluding carboxylic acids is 2. The van der Waals surface area contributed by atoms with Gasteiger partial charge in [-0.15, -0.1) is 0 Å². The zero-order chi connectivity index (χ0) is 19.8. The summed E-state index contributed by atoms with van der Waals surface area (Å²) in [4.78, 5) is 38.0. The summed E-state index contributed by atoms with van der Waals surface area (Å²) in [6.45, 7) is 4.88. The molecular weight excluding hydrogens is 356 g/mol. The van der Waals surface area contributed by atoms with Crippen LogP contribution in [0.5, 0.6) is 0 Å². The molecule has 0 unspecified atom stereocenters. The number of piperidine rings is 1. The molecule has 7 nitrogen and oxygen atoms in total. The molecule has 1 aliphatic heterocycles. The molecule has 146 valence electrons. The van der Waals surface area contributed by atoms with Crippen molar-refractivity contribution in [2.24, 2.45) is 0 Å². The zero-order valence-electron chi connectivity index (χ0n) is 16.3. The van der Waals surface area contributed by atoms with E-state index in [4.69, 9.17) is 9.72 Å². The van der Waals surface area contributed by atoms with Gasteiger partial charge >= 0.3 is 5.97 Å². The first kappa shape index (κ1) is 18.3. The number of methoxy groups -OCH3 is 1. The summed E-state index contributed by atoms with van der Waals surface area (Å²) in [5.74, 6) is 0.814. The van der Waals surface area contributed by atoms with Crippen LogP contribution in [0.3, 0.4) is 0 Å². The minimum absolute atomic E-state index is 0.0705. The van der Waals surface area contributed by atoms with Gasteiger partial charge in [-0.05, 0) is 44.4 Å². The fourth-order valence-corrected chi connectivity index (χ4v) is 4.05. The van der Waals surface area contributed by atoms with E-state index in [0.29, 0.717) is 41.5 Å². The Bertz CT molecular complexity index is 1010. The molecule has 3 aromatic rings. The molecule has 0 bridgehead atoms. The number of imidazole rings is 1. The normalized spacial score (nSPS) is 15.2. The zero-order valence-corrected chi connectivity index (χ0v) is 16.3. The van der Waals surface area contributed by atoms with Gasteiger partial charge in [0.1, 0.15) is 11.5 Å². The maximum Gasteiger partial charge on any atom is 0.339 e. The Morgan fingerprint density at radius 1 is 1.14 bits per heavy atom. The Morgan fingerprint density at radius 3 is 2.54 bits per heavy atom. The Labute approximate surface area is 163 Å². The summed E-state index contributed by atoms with van der Waals surface area (Å²) in [5, 5.41) is 0. The number of benzene rings is 1. The number of aromatic nitrogens is 3. The Balaban J connectivity index is 1.48. The van der Waals surface area contributed by atoms with Crippen molar-refractivity contribution in [2.75, 3.05) is 20.2 Å². The van der Waals surface area contributed by atoms with Gasteiger partial charge in [-0.3, -0.25) is 4.79 Å². The Morgan fingerprint density at radius 2 is 1.86 bits per heavy atom. The highest BCUT2D eigenvalue weighted by Crippen LogP contribution is 2.29. The van der Waals surface area contributed by atoms with E-state index in [2.05, 4.69) is 9.97 Å². The number of nitrogens with zero attached hydrogens (tertiary/aromatic N) is 2. The fraction of sp³-hybridized carbons (Fsp3) is 0.381. The lowest BCUT2D eigenvalue weighted by Gasteiger charge is -2.31. The molecule has 0 atom stereocenters. The summed E-state index contributed by atoms with van der Waals surface area (Å²) in [6, 6.07) is 8.01. The third-order valence-corrected chi connectivity index (χ3v) is 5.62. The van der Waals surface area contributed by atoms with Crippen LogP contribution in [-0.4, -0.2) is 51.9 Å². The number of hydrogen-bond donors (Lipinski definition) is 2. The van der Waals surface area contributed by atoms with E-state index >= 15 is 0 Å². The molecule has 1 fully saturated rings. The van der Waals surface area contributed by atoms with Crippen molar-refractivity contribution in [3.8, 4) is 0 Å². The van der Waals surface area contributed by atoms with Crippen LogP contribution in [0.1, 0.15) is 56.7 Å². The SMILES string of the molecule is COC(=O)c1c(C)[nH]c(C(=O)N2CCC(c3nc4ccccc4[nH]3)CC2)c1C. The third-order valence-electron chi connectivity index (χ3n) is 5.62. The average Bonchev–Trinajstić information content (AvgIpc) is 3.27. The minimum Gasteiger partial charge on any atom is -0.465 e. The molecule has 3 heterocycles. The number of likely N-dealkylation sites (tertiary alicyclic amines) is 1. The van der Waals surface area contributed by atoms with Crippen LogP contribution in [0.2, 0.25) is 0 Å². The predicted molar refractivity (Wildman–Crippen MR) is 106 cm³/mol. The monoisotopic (exact) mass is 380 g/mol. The van der Waals surface area contributed by atoms with Crippen LogP contribution in [0.4, 0.5) is 0 Å². The van der Waals surface area contributed by atoms with E-state index in [1.807, 2.05) is 29.2 Å². The molecule has 28 heavy (non-hydrogen) atoms. The summed E-state index contributed by atoms with van der Waals surface area (Å²) in [5.41, 5.74) is 4.24. The summed E-state index contributed by atoms with van der Waals surface area (Å²) in [6.07, 6.45) is 1.71. The van der Waals surface area contributed by atoms with E-state index in [1.54, 1.807) is 13.8 Å². The summed E-state index contributed by atoms with van der Waals surface area (Å²) < 4.78 is 4.83. The van der Waals surface area contributed by atoms with Crippen molar-refractivity contribution in [2.45, 2.75) is 32.6 Å². The second-order valence-electron chi connectivity index (χ2n) is 7.32. The standard InChI is InChI=1S/C21H24N4O3/c1-12-17(21(27)28-3)13(2)22-18(12)20(26)25-10-8-14(9-11-25)19-23-15-6-4-5-7-16(15)24-19/h4-7,14,22H,8-11H2,1-3H3,(H,23,24). The van der Waals surface area contributed by atoms with Crippen LogP contribution in [-0.2, 0) is 4.74 Å². The van der Waals surface area contributed by atoms with E-state index in [1.165, 1.54) is 7.11 Å². The highest BCUT2D eigenvalue weighted by atomic mass is 16.5. The minimum atomic E-state index is -0.422. The topological polar surface area (TPSA) is 91.1 Å². The van der Waals surface area contributed by atoms with Gasteiger partial charge in [0.15, 0.2) is 0 Å². The number of rotatable bonds is 3. The number of ether oxygens (including phenoxy) is 1. The smallest absolute Gasteiger partial charge is 0.339 e. The van der Waals surface area contributed by atoms with Crippen molar-refractivity contribution in [3.63, 3.8) is 0 Å². The molecule has 1 aromatic carbocycles. The molecule has 0 spiro atoms. The number of aryl methyl sites for hydroxylation is 1. The van der Waals surface area contributed by atoms with Crippen molar-refractivity contribution in [3.05, 3.63) is 52.6 Å². The number of fused-ring (bicyclic) bond motifs is 1. The highest BCUT2D eigenvalue weighted by molar-refractivity contribution is 6.00. The Hall–Kier alpha value is -3.09. The van der Waals surface area contributed by atoms with Gasteiger partial charge in [0.25, 0.3) is 5.91 Å². The van der Waals surface area contributed by atoms with Gasteiger partial charge in [0.05, 0.1) is 23.7 Å². The lowest BCUT2D eigenvalue weighted by Crippen LogP contribution is -2.38. The van der Waals surface area contributed by atoms with Crippen LogP contribution >= 0.6 is 0 Å². The Kier molecular flexibility index (Phi) is 4.66. The number of nitrogens with one attached hydrogen (secondary N) is 2. The molecule has 2 N–H and O–H groups in total. The number of hydrogen-bond acceptors (Lipinski definition) is 4. The third kappa shape index (κ3) is 3.06. The second kappa shape index (κ2) is 7.14. The molecule has 1 saturated heterocycles. The second-order valence-corrected chi connectivity index (χ2v) is 7.32. The molecule has 1 amide bonds. The molecule has 0 radical (unpaired) electrons. The largest absolute Gasteiger partial charge is 0.465 e. The lowest BCUT2D eigenvalue weighted by atomic mass is 9.96. The first-order valence-electron chi connectivity index (χ1n) is 9.51. The number of amides is 1. The first-order chi connectivity index (χ1) is 13.5. The molecule has 7 heteroatoms. The molecule has 2 aromatic heterocycles. The van der Waals surface area contributed by atoms with Gasteiger partial charge in [-0.1, -0.05) is 12.1 Å². The van der Waals surface area contributed by atoms with Gasteiger partial charge in [-0.25, -0.2) is 9.78 Å². The number of carbonyl (C=O) groups is 2. The molecule has 4 rings (SSSR count). The van der Waals surface area contributed by atoms with Gasteiger partial charge < -0.3 is 19.6 Å². The number of para-hydroxylation sites is 2. The summed E-state index contributed by atoms with van der Waals surface area (Å²) in [7, 11) is 1.35. The number of aromatic amines is 2. The lowest BCUT2D eigenvalue weighted by molar-refractivity contribution is 0.0599. The van der Waals surface area contributed by atoms with Gasteiger partial charge in [-0.2, -0.15) is 0 Å². The molecular formula is C21H24N4O3. The van der Waals surface area contributed by atoms with E-state index in [-0.39, 0.29) is 5.91 Å². The molecule has 1 aliphatic rings. The van der Waals surface area contributed by atoms with Gasteiger partial charge in [0, 0.05) is 24.7 Å². The van der Waals surface area contributed by atoms with Crippen LogP contribution in [0, 0.1) is 13.8 Å². The van der Waals surface area contributed by atoms with E-state index in [0.717, 1.165) is 29.7 Å². The van der Waals surface area contributed by atoms with Gasteiger partial charge in [0.2, 0.25) is 0 Å². The average molecular weight is 380 g/mol. The summed E-state index contributed by atoms with van der Waals surface area (Å²) >= 11 is 0. The van der Waals surface area contributed by atoms with E-state index in [9.17, 15) is 9.59 Å². The molecule has 0 aliphatic carbocycles. The van der Waals surface area contributed by atoms with E-state index < -0.39 is 5.97 Å². The van der Waals surface area contributed by atoms with Crippen molar-refractivity contribution in [1.82, 2.24) is 19.9 Å². The van der Waals surface area contributed by atoms with Crippen molar-refractivity contribution >= 4 is 22.9 Å². The van der Waals surface area contributed by atoms with Crippen LogP contribution < -0.4 is 0 Å². The maximum atomic E-state index is 13.0. The predicted octanol–water partition coefficient (Wildman–Crippen LogP) is 3.31. The quantitative estimate of drug-likeness (QED) is 0.682. The number of esters is 1. The van der Waals surface area contributed by atoms with Crippen molar-refractivity contribution in [1.29, 1.82) is 0 Å². The number of H-pyrrole nitrogens is 2. The first-order valence-corrected chi connectivity index (χ1v) is 9.51. The maximum absolute atomic E-state index is 13.0. The fourth-order valence-electron chi connectivity index (χ4n) is 4.05.